The zero-order valence-corrected chi connectivity index (χ0v) is 13.7. The smallest absolute Gasteiger partial charge is 0.314 e. The molecule has 1 aromatic carbocycles. The fourth-order valence-corrected chi connectivity index (χ4v) is 2.94. The van der Waals surface area contributed by atoms with Crippen LogP contribution in [0.5, 0.6) is 11.5 Å². The van der Waals surface area contributed by atoms with Gasteiger partial charge in [0.2, 0.25) is 5.91 Å². The third-order valence-electron chi connectivity index (χ3n) is 4.57. The van der Waals surface area contributed by atoms with Crippen LogP contribution >= 0.6 is 0 Å². The Balaban J connectivity index is 1.58. The molecule has 6 heteroatoms. The molecule has 0 radical (unpaired) electrons. The largest absolute Gasteiger partial charge is 0.493 e. The van der Waals surface area contributed by atoms with E-state index in [0.717, 1.165) is 12.8 Å². The lowest BCUT2D eigenvalue weighted by Crippen LogP contribution is -2.41. The summed E-state index contributed by atoms with van der Waals surface area (Å²) < 4.78 is 10.6. The molecule has 2 aliphatic rings. The highest BCUT2D eigenvalue weighted by Gasteiger charge is 2.36. The van der Waals surface area contributed by atoms with Crippen LogP contribution in [0.3, 0.4) is 0 Å². The number of piperidine rings is 1. The zero-order chi connectivity index (χ0) is 17.1. The van der Waals surface area contributed by atoms with Crippen molar-refractivity contribution >= 4 is 11.9 Å². The lowest BCUT2D eigenvalue weighted by atomic mass is 9.96. The van der Waals surface area contributed by atoms with Gasteiger partial charge in [0.15, 0.2) is 11.5 Å². The van der Waals surface area contributed by atoms with Gasteiger partial charge >= 0.3 is 5.97 Å². The second-order valence-electron chi connectivity index (χ2n) is 6.27. The number of benzene rings is 1. The summed E-state index contributed by atoms with van der Waals surface area (Å²) in [6.45, 7) is 1.22. The Morgan fingerprint density at radius 1 is 1.12 bits per heavy atom. The minimum absolute atomic E-state index is 0.214. The first-order valence-electron chi connectivity index (χ1n) is 8.21. The molecule has 6 nitrogen and oxygen atoms in total. The number of ether oxygens (including phenoxy) is 2. The molecule has 1 amide bonds. The van der Waals surface area contributed by atoms with E-state index >= 15 is 0 Å². The van der Waals surface area contributed by atoms with Gasteiger partial charge in [-0.2, -0.15) is 5.26 Å². The van der Waals surface area contributed by atoms with E-state index in [9.17, 15) is 9.59 Å². The third kappa shape index (κ3) is 3.51. The molecule has 24 heavy (non-hydrogen) atoms. The van der Waals surface area contributed by atoms with Crippen molar-refractivity contribution in [1.29, 1.82) is 5.26 Å². The molecule has 1 aliphatic heterocycles. The van der Waals surface area contributed by atoms with Crippen molar-refractivity contribution < 1.29 is 19.1 Å². The number of rotatable bonds is 4. The van der Waals surface area contributed by atoms with Crippen LogP contribution in [0.1, 0.15) is 31.2 Å². The molecule has 126 valence electrons. The molecule has 0 spiro atoms. The van der Waals surface area contributed by atoms with Crippen molar-refractivity contribution in [3.05, 3.63) is 23.8 Å². The van der Waals surface area contributed by atoms with Crippen molar-refractivity contribution in [2.45, 2.75) is 25.7 Å². The predicted molar refractivity (Wildman–Crippen MR) is 85.4 cm³/mol. The summed E-state index contributed by atoms with van der Waals surface area (Å²) in [6.07, 6.45) is 3.24. The average molecular weight is 328 g/mol. The van der Waals surface area contributed by atoms with Gasteiger partial charge in [-0.05, 0) is 37.8 Å². The number of methoxy groups -OCH3 is 1. The molecule has 2 fully saturated rings. The minimum atomic E-state index is -0.309. The Morgan fingerprint density at radius 2 is 1.83 bits per heavy atom. The standard InChI is InChI=1S/C18H20N2O4/c1-23-16-10-12(11-19)2-5-15(16)24-18(22)14-6-8-20(9-7-14)17(21)13-3-4-13/h2,5,10,13-14H,3-4,6-9H2,1H3. The van der Waals surface area contributed by atoms with Crippen LogP contribution in [0.2, 0.25) is 0 Å². The number of carbonyl (C=O) groups is 2. The highest BCUT2D eigenvalue weighted by atomic mass is 16.6. The van der Waals surface area contributed by atoms with Crippen LogP contribution in [-0.4, -0.2) is 37.0 Å². The van der Waals surface area contributed by atoms with E-state index in [1.165, 1.54) is 7.11 Å². The van der Waals surface area contributed by atoms with Crippen LogP contribution in [-0.2, 0) is 9.59 Å². The summed E-state index contributed by atoms with van der Waals surface area (Å²) >= 11 is 0. The van der Waals surface area contributed by atoms with Gasteiger partial charge in [0, 0.05) is 25.1 Å². The van der Waals surface area contributed by atoms with E-state index < -0.39 is 0 Å². The number of esters is 1. The second-order valence-corrected chi connectivity index (χ2v) is 6.27. The van der Waals surface area contributed by atoms with E-state index in [1.54, 1.807) is 18.2 Å². The third-order valence-corrected chi connectivity index (χ3v) is 4.57. The van der Waals surface area contributed by atoms with E-state index in [1.807, 2.05) is 11.0 Å². The van der Waals surface area contributed by atoms with Gasteiger partial charge in [0.05, 0.1) is 24.7 Å². The topological polar surface area (TPSA) is 79.6 Å². The summed E-state index contributed by atoms with van der Waals surface area (Å²) in [6, 6.07) is 6.71. The molecule has 1 heterocycles. The molecule has 0 atom stereocenters. The summed E-state index contributed by atoms with van der Waals surface area (Å²) in [7, 11) is 1.47. The maximum absolute atomic E-state index is 12.4. The molecule has 1 saturated carbocycles. The van der Waals surface area contributed by atoms with Crippen molar-refractivity contribution in [2.24, 2.45) is 11.8 Å². The average Bonchev–Trinajstić information content (AvgIpc) is 3.46. The Morgan fingerprint density at radius 3 is 2.42 bits per heavy atom. The van der Waals surface area contributed by atoms with Gasteiger partial charge < -0.3 is 14.4 Å². The van der Waals surface area contributed by atoms with Gasteiger partial charge in [0.1, 0.15) is 0 Å². The molecular formula is C18H20N2O4. The van der Waals surface area contributed by atoms with Gasteiger partial charge in [-0.3, -0.25) is 9.59 Å². The van der Waals surface area contributed by atoms with Crippen LogP contribution < -0.4 is 9.47 Å². The maximum Gasteiger partial charge on any atom is 0.314 e. The van der Waals surface area contributed by atoms with Crippen molar-refractivity contribution in [1.82, 2.24) is 4.90 Å². The first kappa shape index (κ1) is 16.3. The zero-order valence-electron chi connectivity index (χ0n) is 13.7. The Kier molecular flexibility index (Phi) is 4.70. The molecule has 0 unspecified atom stereocenters. The molecule has 1 saturated heterocycles. The highest BCUT2D eigenvalue weighted by Crippen LogP contribution is 2.33. The number of nitrogens with zero attached hydrogens (tertiary/aromatic N) is 2. The number of likely N-dealkylation sites (tertiary alicyclic amines) is 1. The highest BCUT2D eigenvalue weighted by molar-refractivity contribution is 5.82. The first-order valence-corrected chi connectivity index (χ1v) is 8.21. The fraction of sp³-hybridized carbons (Fsp3) is 0.500. The Bertz CT molecular complexity index is 683. The van der Waals surface area contributed by atoms with E-state index in [4.69, 9.17) is 14.7 Å². The molecule has 3 rings (SSSR count). The molecule has 0 bridgehead atoms. The lowest BCUT2D eigenvalue weighted by molar-refractivity contribution is -0.143. The number of amides is 1. The summed E-state index contributed by atoms with van der Waals surface area (Å²) in [5, 5.41) is 8.90. The SMILES string of the molecule is COc1cc(C#N)ccc1OC(=O)C1CCN(C(=O)C2CC2)CC1. The first-order chi connectivity index (χ1) is 11.6. The molecule has 1 aromatic rings. The maximum atomic E-state index is 12.4. The molecule has 0 N–H and O–H groups in total. The summed E-state index contributed by atoms with van der Waals surface area (Å²) in [5.41, 5.74) is 0.443. The Labute approximate surface area is 141 Å². The van der Waals surface area contributed by atoms with Gasteiger partial charge in [-0.1, -0.05) is 0 Å². The quantitative estimate of drug-likeness (QED) is 0.625. The summed E-state index contributed by atoms with van der Waals surface area (Å²) in [4.78, 5) is 26.3. The van der Waals surface area contributed by atoms with E-state index in [2.05, 4.69) is 0 Å². The number of carbonyl (C=O) groups excluding carboxylic acids is 2. The van der Waals surface area contributed by atoms with Crippen LogP contribution in [0.25, 0.3) is 0 Å². The van der Waals surface area contributed by atoms with Gasteiger partial charge in [0.25, 0.3) is 0 Å². The number of hydrogen-bond donors (Lipinski definition) is 0. The monoisotopic (exact) mass is 328 g/mol. The molecule has 1 aliphatic carbocycles. The van der Waals surface area contributed by atoms with Crippen LogP contribution in [0.4, 0.5) is 0 Å². The second kappa shape index (κ2) is 6.91. The normalized spacial score (nSPS) is 17.9. The van der Waals surface area contributed by atoms with Crippen molar-refractivity contribution in [3.8, 4) is 17.6 Å². The Hall–Kier alpha value is -2.55. The van der Waals surface area contributed by atoms with Gasteiger partial charge in [-0.25, -0.2) is 0 Å². The number of nitriles is 1. The lowest BCUT2D eigenvalue weighted by Gasteiger charge is -2.31. The molecule has 0 aromatic heterocycles. The fourth-order valence-electron chi connectivity index (χ4n) is 2.94. The number of hydrogen-bond acceptors (Lipinski definition) is 5. The van der Waals surface area contributed by atoms with E-state index in [0.29, 0.717) is 43.0 Å². The minimum Gasteiger partial charge on any atom is -0.493 e. The van der Waals surface area contributed by atoms with Crippen molar-refractivity contribution in [3.63, 3.8) is 0 Å². The van der Waals surface area contributed by atoms with Crippen LogP contribution in [0.15, 0.2) is 18.2 Å². The van der Waals surface area contributed by atoms with Crippen molar-refractivity contribution in [2.75, 3.05) is 20.2 Å². The predicted octanol–water partition coefficient (Wildman–Crippen LogP) is 2.12. The molecular weight excluding hydrogens is 308 g/mol. The van der Waals surface area contributed by atoms with Crippen LogP contribution in [0, 0.1) is 23.2 Å². The van der Waals surface area contributed by atoms with E-state index in [-0.39, 0.29) is 23.7 Å². The summed E-state index contributed by atoms with van der Waals surface area (Å²) in [5.74, 6) is 0.610. The van der Waals surface area contributed by atoms with Gasteiger partial charge in [-0.15, -0.1) is 0 Å².